The Morgan fingerprint density at radius 1 is 1.53 bits per heavy atom. The molecule has 17 heavy (non-hydrogen) atoms. The summed E-state index contributed by atoms with van der Waals surface area (Å²) in [5.74, 6) is 0.238. The standard InChI is InChI=1S/C12H17ClN2O2/c1-12(2,11(14)16)15-7-8-4-5-10(17-3)9(13)6-8/h4-6,15H,7H2,1-3H3,(H2,14,16). The Hall–Kier alpha value is -1.26. The van der Waals surface area contributed by atoms with Crippen molar-refractivity contribution in [1.82, 2.24) is 5.32 Å². The number of hydrogen-bond donors (Lipinski definition) is 2. The van der Waals surface area contributed by atoms with E-state index < -0.39 is 11.4 Å². The van der Waals surface area contributed by atoms with Crippen LogP contribution >= 0.6 is 11.6 Å². The van der Waals surface area contributed by atoms with Crippen LogP contribution in [0.4, 0.5) is 0 Å². The van der Waals surface area contributed by atoms with E-state index in [0.29, 0.717) is 17.3 Å². The third kappa shape index (κ3) is 3.61. The second-order valence-electron chi connectivity index (χ2n) is 4.31. The van der Waals surface area contributed by atoms with E-state index in [0.717, 1.165) is 5.56 Å². The van der Waals surface area contributed by atoms with Crippen LogP contribution in [0, 0.1) is 0 Å². The van der Waals surface area contributed by atoms with Crippen molar-refractivity contribution < 1.29 is 9.53 Å². The Morgan fingerprint density at radius 3 is 2.65 bits per heavy atom. The van der Waals surface area contributed by atoms with E-state index >= 15 is 0 Å². The lowest BCUT2D eigenvalue weighted by molar-refractivity contribution is -0.123. The molecule has 0 spiro atoms. The van der Waals surface area contributed by atoms with Crippen LogP contribution in [0.15, 0.2) is 18.2 Å². The number of carbonyl (C=O) groups is 1. The van der Waals surface area contributed by atoms with Crippen molar-refractivity contribution in [1.29, 1.82) is 0 Å². The summed E-state index contributed by atoms with van der Waals surface area (Å²) in [6.07, 6.45) is 0. The van der Waals surface area contributed by atoms with Gasteiger partial charge in [-0.3, -0.25) is 10.1 Å². The zero-order valence-corrected chi connectivity index (χ0v) is 11.0. The van der Waals surface area contributed by atoms with Gasteiger partial charge in [0.15, 0.2) is 0 Å². The molecule has 0 saturated carbocycles. The van der Waals surface area contributed by atoms with Gasteiger partial charge < -0.3 is 10.5 Å². The first-order chi connectivity index (χ1) is 7.86. The van der Waals surface area contributed by atoms with E-state index in [4.69, 9.17) is 22.1 Å². The van der Waals surface area contributed by atoms with Gasteiger partial charge in [0.25, 0.3) is 0 Å². The van der Waals surface area contributed by atoms with E-state index in [1.807, 2.05) is 6.07 Å². The minimum atomic E-state index is -0.744. The predicted octanol–water partition coefficient (Wildman–Crippen LogP) is 1.70. The first-order valence-corrected chi connectivity index (χ1v) is 5.62. The Bertz CT molecular complexity index is 419. The summed E-state index contributed by atoms with van der Waals surface area (Å²) >= 11 is 6.00. The molecule has 0 atom stereocenters. The van der Waals surface area contributed by atoms with Crippen molar-refractivity contribution in [2.75, 3.05) is 7.11 Å². The van der Waals surface area contributed by atoms with Crippen LogP contribution < -0.4 is 15.8 Å². The van der Waals surface area contributed by atoms with Crippen LogP contribution in [-0.2, 0) is 11.3 Å². The molecule has 1 amide bonds. The smallest absolute Gasteiger partial charge is 0.237 e. The maximum Gasteiger partial charge on any atom is 0.237 e. The maximum atomic E-state index is 11.1. The predicted molar refractivity (Wildman–Crippen MR) is 68.1 cm³/mol. The highest BCUT2D eigenvalue weighted by molar-refractivity contribution is 6.32. The quantitative estimate of drug-likeness (QED) is 0.843. The van der Waals surface area contributed by atoms with Gasteiger partial charge in [-0.15, -0.1) is 0 Å². The monoisotopic (exact) mass is 256 g/mol. The van der Waals surface area contributed by atoms with Gasteiger partial charge in [-0.05, 0) is 31.5 Å². The largest absolute Gasteiger partial charge is 0.495 e. The highest BCUT2D eigenvalue weighted by Crippen LogP contribution is 2.24. The summed E-state index contributed by atoms with van der Waals surface area (Å²) in [5, 5.41) is 3.61. The molecular formula is C12H17ClN2O2. The molecule has 0 aliphatic carbocycles. The molecule has 3 N–H and O–H groups in total. The SMILES string of the molecule is COc1ccc(CNC(C)(C)C(N)=O)cc1Cl. The number of benzene rings is 1. The van der Waals surface area contributed by atoms with Gasteiger partial charge in [-0.2, -0.15) is 0 Å². The van der Waals surface area contributed by atoms with Crippen LogP contribution in [0.1, 0.15) is 19.4 Å². The van der Waals surface area contributed by atoms with Gasteiger partial charge in [0.05, 0.1) is 17.7 Å². The summed E-state index contributed by atoms with van der Waals surface area (Å²) in [6.45, 7) is 3.99. The molecule has 0 radical (unpaired) electrons. The Labute approximate surface area is 106 Å². The molecule has 5 heteroatoms. The van der Waals surface area contributed by atoms with Gasteiger partial charge in [-0.1, -0.05) is 17.7 Å². The number of halogens is 1. The first kappa shape index (κ1) is 13.8. The topological polar surface area (TPSA) is 64.3 Å². The van der Waals surface area contributed by atoms with E-state index in [-0.39, 0.29) is 0 Å². The minimum absolute atomic E-state index is 0.392. The highest BCUT2D eigenvalue weighted by atomic mass is 35.5. The Morgan fingerprint density at radius 2 is 2.18 bits per heavy atom. The van der Waals surface area contributed by atoms with Crippen molar-refractivity contribution in [2.24, 2.45) is 5.73 Å². The van der Waals surface area contributed by atoms with Crippen molar-refractivity contribution in [3.63, 3.8) is 0 Å². The van der Waals surface area contributed by atoms with Crippen LogP contribution in [0.25, 0.3) is 0 Å². The fraction of sp³-hybridized carbons (Fsp3) is 0.417. The van der Waals surface area contributed by atoms with E-state index in [2.05, 4.69) is 5.32 Å². The Kier molecular flexibility index (Phi) is 4.37. The molecule has 0 heterocycles. The Balaban J connectivity index is 2.71. The third-order valence-electron chi connectivity index (χ3n) is 2.57. The molecule has 4 nitrogen and oxygen atoms in total. The number of nitrogens with one attached hydrogen (secondary N) is 1. The maximum absolute atomic E-state index is 11.1. The summed E-state index contributed by atoms with van der Waals surface area (Å²) in [5.41, 5.74) is 5.48. The molecule has 0 fully saturated rings. The number of amides is 1. The molecule has 0 unspecified atom stereocenters. The lowest BCUT2D eigenvalue weighted by atomic mass is 10.0. The van der Waals surface area contributed by atoms with Crippen LogP contribution in [0.3, 0.4) is 0 Å². The zero-order chi connectivity index (χ0) is 13.1. The molecular weight excluding hydrogens is 240 g/mol. The van der Waals surface area contributed by atoms with Crippen LogP contribution in [-0.4, -0.2) is 18.6 Å². The number of ether oxygens (including phenoxy) is 1. The second-order valence-corrected chi connectivity index (χ2v) is 4.72. The van der Waals surface area contributed by atoms with E-state index in [9.17, 15) is 4.79 Å². The molecule has 0 aliphatic rings. The summed E-state index contributed by atoms with van der Waals surface area (Å²) in [4.78, 5) is 11.1. The highest BCUT2D eigenvalue weighted by Gasteiger charge is 2.23. The van der Waals surface area contributed by atoms with Crippen LogP contribution in [0.2, 0.25) is 5.02 Å². The molecule has 0 aliphatic heterocycles. The zero-order valence-electron chi connectivity index (χ0n) is 10.2. The van der Waals surface area contributed by atoms with E-state index in [1.165, 1.54) is 0 Å². The molecule has 1 aromatic carbocycles. The number of rotatable bonds is 5. The molecule has 0 bridgehead atoms. The van der Waals surface area contributed by atoms with Gasteiger partial charge in [-0.25, -0.2) is 0 Å². The van der Waals surface area contributed by atoms with Crippen molar-refractivity contribution in [3.8, 4) is 5.75 Å². The van der Waals surface area contributed by atoms with Crippen molar-refractivity contribution in [3.05, 3.63) is 28.8 Å². The fourth-order valence-electron chi connectivity index (χ4n) is 1.23. The summed E-state index contributed by atoms with van der Waals surface area (Å²) in [6, 6.07) is 5.47. The third-order valence-corrected chi connectivity index (χ3v) is 2.86. The second kappa shape index (κ2) is 5.38. The lowest BCUT2D eigenvalue weighted by Gasteiger charge is -2.22. The van der Waals surface area contributed by atoms with Gasteiger partial charge in [0.2, 0.25) is 5.91 Å². The number of hydrogen-bond acceptors (Lipinski definition) is 3. The first-order valence-electron chi connectivity index (χ1n) is 5.24. The number of nitrogens with two attached hydrogens (primary N) is 1. The average Bonchev–Trinajstić information content (AvgIpc) is 2.26. The summed E-state index contributed by atoms with van der Waals surface area (Å²) in [7, 11) is 1.56. The van der Waals surface area contributed by atoms with Gasteiger partial charge in [0, 0.05) is 6.54 Å². The molecule has 0 aromatic heterocycles. The summed E-state index contributed by atoms with van der Waals surface area (Å²) < 4.78 is 5.06. The number of primary amides is 1. The molecule has 1 aromatic rings. The van der Waals surface area contributed by atoms with Crippen LogP contribution in [0.5, 0.6) is 5.75 Å². The number of methoxy groups -OCH3 is 1. The molecule has 1 rings (SSSR count). The van der Waals surface area contributed by atoms with Crippen molar-refractivity contribution in [2.45, 2.75) is 25.9 Å². The molecule has 94 valence electrons. The lowest BCUT2D eigenvalue weighted by Crippen LogP contribution is -2.50. The van der Waals surface area contributed by atoms with Gasteiger partial charge in [0.1, 0.15) is 5.75 Å². The normalized spacial score (nSPS) is 11.3. The van der Waals surface area contributed by atoms with Gasteiger partial charge >= 0.3 is 0 Å². The minimum Gasteiger partial charge on any atom is -0.495 e. The molecule has 0 saturated heterocycles. The van der Waals surface area contributed by atoms with Crippen molar-refractivity contribution >= 4 is 17.5 Å². The number of carbonyl (C=O) groups excluding carboxylic acids is 1. The average molecular weight is 257 g/mol. The van der Waals surface area contributed by atoms with E-state index in [1.54, 1.807) is 33.1 Å². The fourth-order valence-corrected chi connectivity index (χ4v) is 1.51.